The molecule has 2 heterocycles. The molecule has 22 heteroatoms. The summed E-state index contributed by atoms with van der Waals surface area (Å²) < 4.78 is 42.8. The van der Waals surface area contributed by atoms with E-state index in [0.29, 0.717) is 45.3 Å². The van der Waals surface area contributed by atoms with Gasteiger partial charge in [-0.2, -0.15) is 0 Å². The first-order valence-corrected chi connectivity index (χ1v) is 23.2. The second kappa shape index (κ2) is 32.8. The number of methoxy groups -OCH3 is 4. The molecule has 2 saturated carbocycles. The maximum Gasteiger partial charge on any atom is 1.00 e. The molecule has 0 spiro atoms. The van der Waals surface area contributed by atoms with Crippen molar-refractivity contribution >= 4 is 101 Å². The summed E-state index contributed by atoms with van der Waals surface area (Å²) >= 11 is 5.87. The first kappa shape index (κ1) is 63.0. The molecule has 0 radical (unpaired) electrons. The third kappa shape index (κ3) is 19.2. The van der Waals surface area contributed by atoms with Crippen LogP contribution in [0.25, 0.3) is 20.2 Å². The number of alkyl halides is 1. The van der Waals surface area contributed by atoms with Crippen molar-refractivity contribution < 1.29 is 186 Å². The van der Waals surface area contributed by atoms with Gasteiger partial charge in [-0.1, -0.05) is 15.9 Å². The van der Waals surface area contributed by atoms with Crippen molar-refractivity contribution in [2.75, 3.05) is 54.9 Å². The Morgan fingerprint density at radius 3 is 1.46 bits per heavy atom. The van der Waals surface area contributed by atoms with Crippen LogP contribution in [0.5, 0.6) is 23.0 Å². The average Bonchev–Trinajstić information content (AvgIpc) is 4.24. The number of halogens is 1. The Balaban J connectivity index is 0.00000102. The number of fused-ring (bicyclic) bond motifs is 2. The predicted molar refractivity (Wildman–Crippen MR) is 243 cm³/mol. The minimum atomic E-state index is -1.21. The fourth-order valence-corrected chi connectivity index (χ4v) is 9.04. The summed E-state index contributed by atoms with van der Waals surface area (Å²) in [4.78, 5) is 85.4. The molecule has 2 aliphatic rings. The summed E-state index contributed by atoms with van der Waals surface area (Å²) in [6, 6.07) is 10.7. The number of Topliss-reactive ketones (excluding diaryl/α,β-unsaturated/α-hetero) is 2. The van der Waals surface area contributed by atoms with Crippen molar-refractivity contribution in [1.82, 2.24) is 0 Å². The monoisotopic (exact) mass is 1090 g/mol. The van der Waals surface area contributed by atoms with Gasteiger partial charge in [0.2, 0.25) is 0 Å². The van der Waals surface area contributed by atoms with Gasteiger partial charge >= 0.3 is 127 Å². The summed E-state index contributed by atoms with van der Waals surface area (Å²) in [6.07, 6.45) is 3.65. The summed E-state index contributed by atoms with van der Waals surface area (Å²) in [5.74, 6) is -1.71. The van der Waals surface area contributed by atoms with Gasteiger partial charge in [0.15, 0.2) is 34.6 Å². The molecule has 2 aliphatic carbocycles. The van der Waals surface area contributed by atoms with Crippen molar-refractivity contribution in [3.05, 3.63) is 46.2 Å². The Morgan fingerprint density at radius 1 is 0.642 bits per heavy atom. The molecule has 0 aliphatic heterocycles. The van der Waals surface area contributed by atoms with E-state index in [1.807, 2.05) is 19.1 Å². The van der Waals surface area contributed by atoms with E-state index in [1.54, 1.807) is 73.5 Å². The van der Waals surface area contributed by atoms with Gasteiger partial charge in [0.25, 0.3) is 6.47 Å². The molecule has 3 unspecified atom stereocenters. The summed E-state index contributed by atoms with van der Waals surface area (Å²) in [5.41, 5.74) is 0. The Morgan fingerprint density at radius 2 is 1.04 bits per heavy atom. The van der Waals surface area contributed by atoms with E-state index in [2.05, 4.69) is 20.8 Å². The van der Waals surface area contributed by atoms with Crippen LogP contribution in [0.15, 0.2) is 36.4 Å². The summed E-state index contributed by atoms with van der Waals surface area (Å²) in [7, 11) is 6.20. The van der Waals surface area contributed by atoms with E-state index in [4.69, 9.17) is 47.9 Å². The fraction of sp³-hybridized carbons (Fsp3) is 0.489. The number of esters is 4. The van der Waals surface area contributed by atoms with Gasteiger partial charge in [0, 0.05) is 21.5 Å². The number of thiophene rings is 2. The first-order chi connectivity index (χ1) is 31.2. The average molecular weight is 1090 g/mol. The molecule has 4 aromatic rings. The molecule has 0 bridgehead atoms. The third-order valence-corrected chi connectivity index (χ3v) is 13.0. The number of rotatable bonds is 20. The molecule has 6 rings (SSSR count). The van der Waals surface area contributed by atoms with Crippen LogP contribution in [0, 0.1) is 23.7 Å². The van der Waals surface area contributed by atoms with Crippen molar-refractivity contribution in [3.63, 3.8) is 0 Å². The standard InChI is InChI=1S/C22H26O7S.C15H16O5S.C7H11BrO2.CH2O3.2K.H/c1-5-28-21(24)18(12-7-8-12)19(22(25)29-6-2)20(23)17-10-13-9-14(26-3)15(27-4)11-16(13)30-17;1-4-20-15(17)7-10(16)14-6-9-5-11(18-2)12(19-3)8-13(9)21-14;1-2-10-7(9)6(8)5-3-4-5;2-1-4-3;;;/h9-12,18-19H,5-8H2,1-4H3;5-6,8H,4,7H2,1-3H3;5-6H,2-4H2,1H3;1,3H;;;/q;;;;2*+1;-1/p-1. The zero-order chi connectivity index (χ0) is 48.2. The SMILES string of the molecule is CCOC(=O)C(Br)C1CC1.CCOC(=O)C(C(=O)c1cc2cc(OC)c(OC)cc2s1)C(C(=O)OCC)C1CC1.CCOC(=O)CC(=O)c1cc2cc(OC)c(OC)cc2s1.O=CO[O-].[H-].[K+].[K+]. The molecular formula is C45H55BrK2O17S2. The van der Waals surface area contributed by atoms with Crippen LogP contribution in [-0.2, 0) is 47.8 Å². The van der Waals surface area contributed by atoms with E-state index >= 15 is 0 Å². The van der Waals surface area contributed by atoms with Gasteiger partial charge in [-0.25, -0.2) is 0 Å². The molecule has 0 saturated heterocycles. The molecule has 2 fully saturated rings. The van der Waals surface area contributed by atoms with E-state index in [1.165, 1.54) is 22.7 Å². The molecule has 2 aromatic heterocycles. The third-order valence-electron chi connectivity index (χ3n) is 9.63. The van der Waals surface area contributed by atoms with E-state index < -0.39 is 35.5 Å². The van der Waals surface area contributed by atoms with Gasteiger partial charge in [-0.05, 0) is 100 Å². The number of carbonyl (C=O) groups excluding carboxylic acids is 7. The Kier molecular flexibility index (Phi) is 30.8. The van der Waals surface area contributed by atoms with Crippen LogP contribution in [0.3, 0.4) is 0 Å². The van der Waals surface area contributed by atoms with Crippen molar-refractivity contribution in [2.45, 2.75) is 64.6 Å². The number of hydrogen-bond donors (Lipinski definition) is 0. The van der Waals surface area contributed by atoms with E-state index in [9.17, 15) is 28.8 Å². The quantitative estimate of drug-likeness (QED) is 0.0140. The van der Waals surface area contributed by atoms with Gasteiger partial charge in [0.05, 0.1) is 70.5 Å². The van der Waals surface area contributed by atoms with Crippen molar-refractivity contribution in [1.29, 1.82) is 0 Å². The summed E-state index contributed by atoms with van der Waals surface area (Å²) in [5, 5.41) is 10.1. The predicted octanol–water partition coefficient (Wildman–Crippen LogP) is 1.20. The molecular weight excluding hydrogens is 1030 g/mol. The van der Waals surface area contributed by atoms with E-state index in [-0.39, 0.29) is 159 Å². The fourth-order valence-electron chi connectivity index (χ4n) is 6.32. The van der Waals surface area contributed by atoms with Gasteiger partial charge in [-0.15, -0.1) is 22.7 Å². The van der Waals surface area contributed by atoms with Crippen LogP contribution in [-0.4, -0.2) is 102 Å². The normalized spacial score (nSPS) is 13.5. The molecule has 67 heavy (non-hydrogen) atoms. The second-order valence-electron chi connectivity index (χ2n) is 14.0. The van der Waals surface area contributed by atoms with Crippen LogP contribution in [0.2, 0.25) is 0 Å². The largest absolute Gasteiger partial charge is 1.00 e. The number of benzene rings is 2. The van der Waals surface area contributed by atoms with Gasteiger partial charge in [0.1, 0.15) is 17.2 Å². The molecule has 358 valence electrons. The van der Waals surface area contributed by atoms with E-state index in [0.717, 1.165) is 45.9 Å². The topological polar surface area (TPSA) is 226 Å². The molecule has 0 amide bonds. The Hall–Kier alpha value is -2.04. The number of hydrogen-bond acceptors (Lipinski definition) is 19. The number of ether oxygens (including phenoxy) is 8. The zero-order valence-corrected chi connectivity index (χ0v) is 48.9. The van der Waals surface area contributed by atoms with Crippen molar-refractivity contribution in [2.24, 2.45) is 23.7 Å². The maximum absolute atomic E-state index is 13.5. The molecule has 3 atom stereocenters. The van der Waals surface area contributed by atoms with Gasteiger partial charge < -0.3 is 49.5 Å². The van der Waals surface area contributed by atoms with Crippen LogP contribution >= 0.6 is 38.6 Å². The minimum Gasteiger partial charge on any atom is -1.00 e. The Labute approximate surface area is 492 Å². The minimum absolute atomic E-state index is 0. The zero-order valence-electron chi connectivity index (χ0n) is 40.4. The smallest absolute Gasteiger partial charge is 1.00 e. The maximum atomic E-state index is 13.5. The summed E-state index contributed by atoms with van der Waals surface area (Å²) in [6.45, 7) is 7.80. The van der Waals surface area contributed by atoms with Crippen molar-refractivity contribution in [3.8, 4) is 23.0 Å². The second-order valence-corrected chi connectivity index (χ2v) is 17.2. The first-order valence-electron chi connectivity index (χ1n) is 20.6. The van der Waals surface area contributed by atoms with Crippen LogP contribution in [0.1, 0.15) is 80.6 Å². The van der Waals surface area contributed by atoms with Crippen LogP contribution in [0.4, 0.5) is 0 Å². The molecule has 17 nitrogen and oxygen atoms in total. The molecule has 0 N–H and O–H groups in total. The Bertz CT molecular complexity index is 2180. The van der Waals surface area contributed by atoms with Gasteiger partial charge in [-0.3, -0.25) is 33.6 Å². The van der Waals surface area contributed by atoms with Crippen LogP contribution < -0.4 is 127 Å². The molecule has 2 aromatic carbocycles. The number of ketones is 2. The number of carbonyl (C=O) groups is 7.